The SMILES string of the molecule is Nc1ccc(-c2cncn2CC2CCOC2)cn1. The highest BCUT2D eigenvalue weighted by Gasteiger charge is 2.17. The smallest absolute Gasteiger partial charge is 0.123 e. The standard InChI is InChI=1S/C13H16N4O/c14-13-2-1-11(5-16-13)12-6-15-9-17(12)7-10-3-4-18-8-10/h1-2,5-6,9-10H,3-4,7-8H2,(H2,14,16). The monoisotopic (exact) mass is 244 g/mol. The Morgan fingerprint density at radius 1 is 1.39 bits per heavy atom. The van der Waals surface area contributed by atoms with Gasteiger partial charge in [0.2, 0.25) is 0 Å². The largest absolute Gasteiger partial charge is 0.384 e. The van der Waals surface area contributed by atoms with E-state index in [2.05, 4.69) is 14.5 Å². The second kappa shape index (κ2) is 4.78. The molecule has 3 heterocycles. The maximum absolute atomic E-state index is 5.60. The fraction of sp³-hybridized carbons (Fsp3) is 0.385. The van der Waals surface area contributed by atoms with Crippen molar-refractivity contribution < 1.29 is 4.74 Å². The van der Waals surface area contributed by atoms with Gasteiger partial charge in [0.15, 0.2) is 0 Å². The van der Waals surface area contributed by atoms with Crippen LogP contribution in [-0.2, 0) is 11.3 Å². The molecule has 1 unspecified atom stereocenters. The van der Waals surface area contributed by atoms with Crippen molar-refractivity contribution in [3.8, 4) is 11.3 Å². The number of rotatable bonds is 3. The number of pyridine rings is 1. The summed E-state index contributed by atoms with van der Waals surface area (Å²) in [4.78, 5) is 8.35. The summed E-state index contributed by atoms with van der Waals surface area (Å²) in [5.74, 6) is 1.12. The van der Waals surface area contributed by atoms with Crippen LogP contribution >= 0.6 is 0 Å². The van der Waals surface area contributed by atoms with Crippen molar-refractivity contribution in [2.24, 2.45) is 5.92 Å². The van der Waals surface area contributed by atoms with E-state index < -0.39 is 0 Å². The molecule has 2 aromatic rings. The first-order valence-corrected chi connectivity index (χ1v) is 6.13. The maximum atomic E-state index is 5.60. The minimum absolute atomic E-state index is 0.536. The number of anilines is 1. The Morgan fingerprint density at radius 2 is 2.33 bits per heavy atom. The lowest BCUT2D eigenvalue weighted by molar-refractivity contribution is 0.182. The number of imidazole rings is 1. The summed E-state index contributed by atoms with van der Waals surface area (Å²) in [5.41, 5.74) is 7.72. The number of ether oxygens (including phenoxy) is 1. The van der Waals surface area contributed by atoms with Gasteiger partial charge in [-0.1, -0.05) is 0 Å². The number of hydrogen-bond donors (Lipinski definition) is 1. The third-order valence-corrected chi connectivity index (χ3v) is 3.27. The van der Waals surface area contributed by atoms with Crippen LogP contribution in [0.15, 0.2) is 30.9 Å². The number of nitrogens with zero attached hydrogens (tertiary/aromatic N) is 3. The molecule has 3 rings (SSSR count). The predicted octanol–water partition coefficient (Wildman–Crippen LogP) is 1.56. The van der Waals surface area contributed by atoms with E-state index in [0.717, 1.165) is 37.4 Å². The molecular formula is C13H16N4O. The Kier molecular flexibility index (Phi) is 2.98. The van der Waals surface area contributed by atoms with Crippen LogP contribution in [0.5, 0.6) is 0 Å². The number of aromatic nitrogens is 3. The molecule has 0 amide bonds. The average Bonchev–Trinajstić information content (AvgIpc) is 3.02. The van der Waals surface area contributed by atoms with Gasteiger partial charge in [0.05, 0.1) is 24.8 Å². The van der Waals surface area contributed by atoms with E-state index in [4.69, 9.17) is 10.5 Å². The van der Waals surface area contributed by atoms with E-state index in [9.17, 15) is 0 Å². The molecule has 0 saturated carbocycles. The zero-order valence-electron chi connectivity index (χ0n) is 10.1. The van der Waals surface area contributed by atoms with E-state index in [1.807, 2.05) is 24.7 Å². The quantitative estimate of drug-likeness (QED) is 0.889. The van der Waals surface area contributed by atoms with Crippen LogP contribution in [-0.4, -0.2) is 27.7 Å². The molecule has 0 radical (unpaired) electrons. The molecule has 5 heteroatoms. The third-order valence-electron chi connectivity index (χ3n) is 3.27. The third kappa shape index (κ3) is 2.22. The van der Waals surface area contributed by atoms with Crippen molar-refractivity contribution in [3.05, 3.63) is 30.9 Å². The van der Waals surface area contributed by atoms with Gasteiger partial charge in [0.25, 0.3) is 0 Å². The van der Waals surface area contributed by atoms with Gasteiger partial charge in [-0.2, -0.15) is 0 Å². The van der Waals surface area contributed by atoms with Crippen LogP contribution < -0.4 is 5.73 Å². The molecule has 94 valence electrons. The molecule has 1 atom stereocenters. The number of nitrogens with two attached hydrogens (primary N) is 1. The fourth-order valence-electron chi connectivity index (χ4n) is 2.27. The Balaban J connectivity index is 1.84. The summed E-state index contributed by atoms with van der Waals surface area (Å²) in [7, 11) is 0. The van der Waals surface area contributed by atoms with E-state index >= 15 is 0 Å². The van der Waals surface area contributed by atoms with Gasteiger partial charge in [-0.15, -0.1) is 0 Å². The molecule has 0 bridgehead atoms. The zero-order valence-corrected chi connectivity index (χ0v) is 10.1. The van der Waals surface area contributed by atoms with Crippen molar-refractivity contribution in [1.29, 1.82) is 0 Å². The first kappa shape index (κ1) is 11.2. The van der Waals surface area contributed by atoms with E-state index in [1.54, 1.807) is 6.20 Å². The summed E-state index contributed by atoms with van der Waals surface area (Å²) >= 11 is 0. The first-order chi connectivity index (χ1) is 8.83. The molecule has 1 saturated heterocycles. The van der Waals surface area contributed by atoms with Gasteiger partial charge in [0.1, 0.15) is 5.82 Å². The molecule has 1 fully saturated rings. The van der Waals surface area contributed by atoms with Crippen LogP contribution in [0.1, 0.15) is 6.42 Å². The van der Waals surface area contributed by atoms with Crippen LogP contribution in [0.4, 0.5) is 5.82 Å². The molecule has 1 aliphatic rings. The highest BCUT2D eigenvalue weighted by Crippen LogP contribution is 2.22. The minimum atomic E-state index is 0.536. The molecule has 2 N–H and O–H groups in total. The Morgan fingerprint density at radius 3 is 3.06 bits per heavy atom. The highest BCUT2D eigenvalue weighted by atomic mass is 16.5. The van der Waals surface area contributed by atoms with E-state index in [0.29, 0.717) is 11.7 Å². The van der Waals surface area contributed by atoms with Crippen LogP contribution in [0.3, 0.4) is 0 Å². The van der Waals surface area contributed by atoms with Gasteiger partial charge in [-0.05, 0) is 18.6 Å². The molecule has 2 aromatic heterocycles. The number of hydrogen-bond acceptors (Lipinski definition) is 4. The van der Waals surface area contributed by atoms with E-state index in [1.165, 1.54) is 0 Å². The minimum Gasteiger partial charge on any atom is -0.384 e. The van der Waals surface area contributed by atoms with Crippen molar-refractivity contribution in [3.63, 3.8) is 0 Å². The van der Waals surface area contributed by atoms with Gasteiger partial charge >= 0.3 is 0 Å². The summed E-state index contributed by atoms with van der Waals surface area (Å²) < 4.78 is 7.56. The molecule has 1 aliphatic heterocycles. The van der Waals surface area contributed by atoms with Gasteiger partial charge in [0, 0.05) is 30.8 Å². The topological polar surface area (TPSA) is 66.0 Å². The summed E-state index contributed by atoms with van der Waals surface area (Å²) in [5, 5.41) is 0. The van der Waals surface area contributed by atoms with Crippen LogP contribution in [0.2, 0.25) is 0 Å². The Hall–Kier alpha value is -1.88. The van der Waals surface area contributed by atoms with Gasteiger partial charge in [-0.25, -0.2) is 9.97 Å². The zero-order chi connectivity index (χ0) is 12.4. The second-order valence-electron chi connectivity index (χ2n) is 4.63. The van der Waals surface area contributed by atoms with Crippen LogP contribution in [0.25, 0.3) is 11.3 Å². The van der Waals surface area contributed by atoms with Gasteiger partial charge < -0.3 is 15.0 Å². The fourth-order valence-corrected chi connectivity index (χ4v) is 2.27. The van der Waals surface area contributed by atoms with Crippen molar-refractivity contribution in [2.45, 2.75) is 13.0 Å². The lowest BCUT2D eigenvalue weighted by Gasteiger charge is -2.12. The Bertz CT molecular complexity index is 514. The first-order valence-electron chi connectivity index (χ1n) is 6.13. The van der Waals surface area contributed by atoms with Gasteiger partial charge in [-0.3, -0.25) is 0 Å². The average molecular weight is 244 g/mol. The Labute approximate surface area is 106 Å². The molecular weight excluding hydrogens is 228 g/mol. The molecule has 18 heavy (non-hydrogen) atoms. The lowest BCUT2D eigenvalue weighted by Crippen LogP contribution is -2.10. The van der Waals surface area contributed by atoms with Crippen molar-refractivity contribution in [1.82, 2.24) is 14.5 Å². The maximum Gasteiger partial charge on any atom is 0.123 e. The van der Waals surface area contributed by atoms with Crippen molar-refractivity contribution in [2.75, 3.05) is 18.9 Å². The van der Waals surface area contributed by atoms with Crippen LogP contribution in [0, 0.1) is 5.92 Å². The molecule has 0 aromatic carbocycles. The van der Waals surface area contributed by atoms with Crippen molar-refractivity contribution >= 4 is 5.82 Å². The predicted molar refractivity (Wildman–Crippen MR) is 68.8 cm³/mol. The second-order valence-corrected chi connectivity index (χ2v) is 4.63. The summed E-state index contributed by atoms with van der Waals surface area (Å²) in [6.07, 6.45) is 6.64. The molecule has 0 aliphatic carbocycles. The molecule has 0 spiro atoms. The summed E-state index contributed by atoms with van der Waals surface area (Å²) in [6, 6.07) is 3.78. The highest BCUT2D eigenvalue weighted by molar-refractivity contribution is 5.59. The summed E-state index contributed by atoms with van der Waals surface area (Å²) in [6.45, 7) is 2.66. The molecule has 5 nitrogen and oxygen atoms in total. The number of nitrogen functional groups attached to an aromatic ring is 1. The van der Waals surface area contributed by atoms with E-state index in [-0.39, 0.29) is 0 Å². The normalized spacial score (nSPS) is 19.2. The lowest BCUT2D eigenvalue weighted by atomic mass is 10.1.